The molecule has 9 heteroatoms. The van der Waals surface area contributed by atoms with Crippen LogP contribution in [0.3, 0.4) is 0 Å². The molecule has 2 aliphatic heterocycles. The van der Waals surface area contributed by atoms with Gasteiger partial charge in [0.05, 0.1) is 22.2 Å². The Bertz CT molecular complexity index is 1300. The number of hydrogen-bond acceptors (Lipinski definition) is 4. The zero-order valence-corrected chi connectivity index (χ0v) is 19.4. The molecule has 0 bridgehead atoms. The molecule has 3 aromatic rings. The first-order chi connectivity index (χ1) is 15.4. The maximum Gasteiger partial charge on any atom is 0.244 e. The molecule has 0 saturated carbocycles. The summed E-state index contributed by atoms with van der Waals surface area (Å²) in [5.74, 6) is 0.0922. The van der Waals surface area contributed by atoms with Crippen molar-refractivity contribution in [3.8, 4) is 0 Å². The minimum absolute atomic E-state index is 0.0922. The van der Waals surface area contributed by atoms with E-state index >= 15 is 0 Å². The number of aromatic nitrogens is 2. The number of aryl methyl sites for hydroxylation is 1. The van der Waals surface area contributed by atoms with Gasteiger partial charge in [0.2, 0.25) is 15.9 Å². The van der Waals surface area contributed by atoms with Gasteiger partial charge in [-0.05, 0) is 56.5 Å². The molecule has 2 saturated heterocycles. The molecule has 0 N–H and O–H groups in total. The second-order valence-corrected chi connectivity index (χ2v) is 10.8. The van der Waals surface area contributed by atoms with E-state index in [4.69, 9.17) is 11.6 Å². The molecule has 0 unspecified atom stereocenters. The van der Waals surface area contributed by atoms with Gasteiger partial charge in [0, 0.05) is 37.3 Å². The van der Waals surface area contributed by atoms with E-state index in [0.29, 0.717) is 32.5 Å². The van der Waals surface area contributed by atoms with Crippen LogP contribution in [0, 0.1) is 5.41 Å². The summed E-state index contributed by atoms with van der Waals surface area (Å²) in [7, 11) is -3.68. The molecule has 1 aromatic heterocycles. The normalized spacial score (nSPS) is 19.3. The van der Waals surface area contributed by atoms with Crippen LogP contribution in [0.5, 0.6) is 0 Å². The van der Waals surface area contributed by atoms with E-state index < -0.39 is 15.4 Å². The summed E-state index contributed by atoms with van der Waals surface area (Å²) in [6, 6.07) is 12.5. The van der Waals surface area contributed by atoms with E-state index in [9.17, 15) is 13.2 Å². The number of sulfonamides is 1. The summed E-state index contributed by atoms with van der Waals surface area (Å²) in [4.78, 5) is 15.4. The Kier molecular flexibility index (Phi) is 5.27. The zero-order chi connectivity index (χ0) is 22.5. The summed E-state index contributed by atoms with van der Waals surface area (Å²) in [5, 5.41) is 5.62. The van der Waals surface area contributed by atoms with Crippen LogP contribution >= 0.6 is 11.6 Å². The fourth-order valence-corrected chi connectivity index (χ4v) is 6.91. The predicted molar refractivity (Wildman–Crippen MR) is 124 cm³/mol. The first-order valence-electron chi connectivity index (χ1n) is 10.9. The minimum atomic E-state index is -3.68. The average Bonchev–Trinajstić information content (AvgIpc) is 3.35. The Labute approximate surface area is 192 Å². The number of carbonyl (C=O) groups is 1. The fraction of sp³-hybridized carbons (Fsp3) is 0.391. The van der Waals surface area contributed by atoms with Gasteiger partial charge < -0.3 is 4.90 Å². The molecule has 0 radical (unpaired) electrons. The first kappa shape index (κ1) is 21.4. The topological polar surface area (TPSA) is 75.5 Å². The van der Waals surface area contributed by atoms with Crippen LogP contribution in [0.4, 0.5) is 5.69 Å². The van der Waals surface area contributed by atoms with Crippen LogP contribution in [0.1, 0.15) is 26.2 Å². The molecule has 1 spiro atoms. The number of anilines is 1. The molecule has 2 aliphatic rings. The summed E-state index contributed by atoms with van der Waals surface area (Å²) in [6.07, 6.45) is 3.60. The van der Waals surface area contributed by atoms with Crippen molar-refractivity contribution in [2.45, 2.75) is 37.6 Å². The van der Waals surface area contributed by atoms with Crippen molar-refractivity contribution in [1.82, 2.24) is 14.1 Å². The third-order valence-corrected chi connectivity index (χ3v) is 9.28. The number of carbonyl (C=O) groups excluding carboxylic acids is 1. The lowest BCUT2D eigenvalue weighted by Crippen LogP contribution is -2.46. The van der Waals surface area contributed by atoms with E-state index in [2.05, 4.69) is 5.10 Å². The van der Waals surface area contributed by atoms with E-state index in [1.165, 1.54) is 10.4 Å². The highest BCUT2D eigenvalue weighted by atomic mass is 35.5. The summed E-state index contributed by atoms with van der Waals surface area (Å²) in [5.41, 5.74) is 1.42. The Hall–Kier alpha value is -2.42. The zero-order valence-electron chi connectivity index (χ0n) is 17.9. The number of rotatable bonds is 4. The van der Waals surface area contributed by atoms with Crippen molar-refractivity contribution in [2.24, 2.45) is 5.41 Å². The number of amides is 1. The van der Waals surface area contributed by atoms with Crippen LogP contribution < -0.4 is 4.90 Å². The molecule has 0 aliphatic carbocycles. The van der Waals surface area contributed by atoms with Gasteiger partial charge in [-0.15, -0.1) is 0 Å². The van der Waals surface area contributed by atoms with Crippen LogP contribution in [0.2, 0.25) is 5.02 Å². The highest BCUT2D eigenvalue weighted by Crippen LogP contribution is 2.44. The van der Waals surface area contributed by atoms with E-state index in [1.54, 1.807) is 18.2 Å². The molecule has 0 atom stereocenters. The maximum atomic E-state index is 13.5. The van der Waals surface area contributed by atoms with Gasteiger partial charge in [0.1, 0.15) is 4.90 Å². The molecular weight excluding hydrogens is 448 g/mol. The van der Waals surface area contributed by atoms with Crippen LogP contribution in [0.25, 0.3) is 10.9 Å². The fourth-order valence-electron chi connectivity index (χ4n) is 4.97. The van der Waals surface area contributed by atoms with Gasteiger partial charge in [-0.2, -0.15) is 9.40 Å². The van der Waals surface area contributed by atoms with Crippen molar-refractivity contribution >= 4 is 44.1 Å². The molecule has 5 rings (SSSR count). The molecule has 2 aromatic carbocycles. The lowest BCUT2D eigenvalue weighted by molar-refractivity contribution is -0.127. The van der Waals surface area contributed by atoms with E-state index in [0.717, 1.165) is 29.6 Å². The van der Waals surface area contributed by atoms with E-state index in [1.807, 2.05) is 40.9 Å². The number of hydrogen-bond donors (Lipinski definition) is 0. The molecule has 168 valence electrons. The summed E-state index contributed by atoms with van der Waals surface area (Å²) < 4.78 is 29.5. The average molecular weight is 473 g/mol. The van der Waals surface area contributed by atoms with Crippen molar-refractivity contribution in [3.05, 3.63) is 53.7 Å². The highest BCUT2D eigenvalue weighted by molar-refractivity contribution is 7.89. The van der Waals surface area contributed by atoms with Crippen LogP contribution in [-0.4, -0.2) is 48.0 Å². The molecule has 1 amide bonds. The van der Waals surface area contributed by atoms with Crippen molar-refractivity contribution in [2.75, 3.05) is 24.5 Å². The van der Waals surface area contributed by atoms with Gasteiger partial charge in [-0.3, -0.25) is 9.48 Å². The van der Waals surface area contributed by atoms with Gasteiger partial charge in [0.15, 0.2) is 0 Å². The van der Waals surface area contributed by atoms with Gasteiger partial charge in [0.25, 0.3) is 0 Å². The third kappa shape index (κ3) is 3.32. The van der Waals surface area contributed by atoms with Crippen molar-refractivity contribution < 1.29 is 13.2 Å². The molecule has 32 heavy (non-hydrogen) atoms. The van der Waals surface area contributed by atoms with Gasteiger partial charge in [-0.25, -0.2) is 8.42 Å². The third-order valence-electron chi connectivity index (χ3n) is 6.88. The van der Waals surface area contributed by atoms with Crippen LogP contribution in [0.15, 0.2) is 53.6 Å². The van der Waals surface area contributed by atoms with Crippen LogP contribution in [-0.2, 0) is 21.4 Å². The number of halogens is 1. The second kappa shape index (κ2) is 7.86. The second-order valence-electron chi connectivity index (χ2n) is 8.53. The lowest BCUT2D eigenvalue weighted by Gasteiger charge is -2.37. The Morgan fingerprint density at radius 1 is 1.06 bits per heavy atom. The maximum absolute atomic E-state index is 13.5. The molecule has 2 fully saturated rings. The lowest BCUT2D eigenvalue weighted by atomic mass is 9.77. The van der Waals surface area contributed by atoms with Gasteiger partial charge >= 0.3 is 0 Å². The molecular formula is C23H25ClN4O3S. The standard InChI is InChI=1S/C23H25ClN4O3S/c1-2-28-20-8-7-18(15-17(20)16-25-28)27-14-11-23(22(27)29)9-12-26(13-10-23)32(30,31)21-6-4-3-5-19(21)24/h3-8,15-16H,2,9-14H2,1H3. The Morgan fingerprint density at radius 3 is 2.50 bits per heavy atom. The Balaban J connectivity index is 1.34. The SMILES string of the molecule is CCn1ncc2cc(N3CCC4(CCN(S(=O)(=O)c5ccccc5Cl)CC4)C3=O)ccc21. The smallest absolute Gasteiger partial charge is 0.244 e. The number of nitrogens with zero attached hydrogens (tertiary/aromatic N) is 4. The molecule has 3 heterocycles. The molecule has 7 nitrogen and oxygen atoms in total. The Morgan fingerprint density at radius 2 is 1.78 bits per heavy atom. The minimum Gasteiger partial charge on any atom is -0.312 e. The largest absolute Gasteiger partial charge is 0.312 e. The number of piperidine rings is 1. The predicted octanol–water partition coefficient (Wildman–Crippen LogP) is 3.92. The van der Waals surface area contributed by atoms with Crippen molar-refractivity contribution in [1.29, 1.82) is 0 Å². The quantitative estimate of drug-likeness (QED) is 0.576. The number of fused-ring (bicyclic) bond motifs is 1. The van der Waals surface area contributed by atoms with E-state index in [-0.39, 0.29) is 15.8 Å². The van der Waals surface area contributed by atoms with Gasteiger partial charge in [-0.1, -0.05) is 23.7 Å². The van der Waals surface area contributed by atoms with Crippen molar-refractivity contribution in [3.63, 3.8) is 0 Å². The summed E-state index contributed by atoms with van der Waals surface area (Å²) in [6.45, 7) is 4.11. The summed E-state index contributed by atoms with van der Waals surface area (Å²) >= 11 is 6.14. The monoisotopic (exact) mass is 472 g/mol. The first-order valence-corrected chi connectivity index (χ1v) is 12.7. The number of benzene rings is 2. The highest BCUT2D eigenvalue weighted by Gasteiger charge is 2.50.